The van der Waals surface area contributed by atoms with Crippen LogP contribution in [0.15, 0.2) is 63.6 Å². The Morgan fingerprint density at radius 2 is 1.86 bits per heavy atom. The van der Waals surface area contributed by atoms with Crippen LogP contribution in [0.1, 0.15) is 56.3 Å². The molecule has 1 saturated heterocycles. The van der Waals surface area contributed by atoms with E-state index in [0.717, 1.165) is 48.9 Å². The van der Waals surface area contributed by atoms with Gasteiger partial charge in [0.1, 0.15) is 0 Å². The molecule has 2 aromatic carbocycles. The second-order valence-corrected chi connectivity index (χ2v) is 9.60. The Morgan fingerprint density at radius 1 is 1.08 bits per heavy atom. The van der Waals surface area contributed by atoms with Gasteiger partial charge in [-0.1, -0.05) is 78.3 Å². The number of rotatable bonds is 10. The average Bonchev–Trinajstić information content (AvgIpc) is 3.65. The molecule has 4 aromatic rings. The lowest BCUT2D eigenvalue weighted by molar-refractivity contribution is -0.138. The lowest BCUT2D eigenvalue weighted by atomic mass is 9.85. The van der Waals surface area contributed by atoms with Crippen molar-refractivity contribution in [2.24, 2.45) is 0 Å². The van der Waals surface area contributed by atoms with Crippen molar-refractivity contribution in [3.8, 4) is 34.3 Å². The summed E-state index contributed by atoms with van der Waals surface area (Å²) in [4.78, 5) is 15.9. The van der Waals surface area contributed by atoms with Gasteiger partial charge in [0.05, 0.1) is 12.5 Å². The lowest BCUT2D eigenvalue weighted by Crippen LogP contribution is -2.43. The standard InChI is InChI=1S/C28H30N4O5/c1-2-7-21-24(31-36-25(21)19-8-4-3-5-9-19)27-30-26(32-37-27)20-12-10-18(11-13-20)22(33)16-28(17-23(34)35)14-6-15-29-28/h3-5,8-13,22,29,33H,2,6-7,14-17H2,1H3,(H,34,35)/t22?,28-/m0/s1. The molecule has 0 amide bonds. The molecule has 2 atom stereocenters. The van der Waals surface area contributed by atoms with E-state index in [-0.39, 0.29) is 12.3 Å². The van der Waals surface area contributed by atoms with Crippen LogP contribution in [0.4, 0.5) is 0 Å². The molecule has 3 heterocycles. The fraction of sp³-hybridized carbons (Fsp3) is 0.357. The van der Waals surface area contributed by atoms with Crippen LogP contribution in [0.2, 0.25) is 0 Å². The van der Waals surface area contributed by atoms with Gasteiger partial charge >= 0.3 is 5.97 Å². The van der Waals surface area contributed by atoms with E-state index < -0.39 is 17.6 Å². The number of hydrogen-bond donors (Lipinski definition) is 3. The molecule has 1 aliphatic rings. The van der Waals surface area contributed by atoms with Crippen LogP contribution in [0.25, 0.3) is 34.3 Å². The number of hydrogen-bond acceptors (Lipinski definition) is 8. The maximum absolute atomic E-state index is 11.4. The smallest absolute Gasteiger partial charge is 0.305 e. The minimum absolute atomic E-state index is 0.0121. The third-order valence-corrected chi connectivity index (χ3v) is 6.91. The molecule has 192 valence electrons. The number of carboxylic acid groups (broad SMARTS) is 1. The summed E-state index contributed by atoms with van der Waals surface area (Å²) in [5, 5.41) is 31.9. The summed E-state index contributed by atoms with van der Waals surface area (Å²) in [7, 11) is 0. The molecule has 9 heteroatoms. The first-order chi connectivity index (χ1) is 18.0. The summed E-state index contributed by atoms with van der Waals surface area (Å²) in [6, 6.07) is 17.1. The Kier molecular flexibility index (Phi) is 7.16. The summed E-state index contributed by atoms with van der Waals surface area (Å²) in [6.07, 6.45) is 2.82. The number of aromatic nitrogens is 3. The molecule has 3 N–H and O–H groups in total. The topological polar surface area (TPSA) is 135 Å². The van der Waals surface area contributed by atoms with Gasteiger partial charge in [-0.15, -0.1) is 0 Å². The Hall–Kier alpha value is -3.82. The molecule has 0 saturated carbocycles. The van der Waals surface area contributed by atoms with Crippen LogP contribution >= 0.6 is 0 Å². The molecule has 0 radical (unpaired) electrons. The van der Waals surface area contributed by atoms with Crippen molar-refractivity contribution in [1.29, 1.82) is 0 Å². The second kappa shape index (κ2) is 10.7. The van der Waals surface area contributed by atoms with Crippen LogP contribution in [0.5, 0.6) is 0 Å². The van der Waals surface area contributed by atoms with Crippen molar-refractivity contribution >= 4 is 5.97 Å². The predicted octanol–water partition coefficient (Wildman–Crippen LogP) is 5.03. The van der Waals surface area contributed by atoms with Crippen molar-refractivity contribution < 1.29 is 24.1 Å². The SMILES string of the molecule is CCCc1c(-c2nc(-c3ccc(C(O)C[C@]4(CC(=O)O)CCCN4)cc3)no2)noc1-c1ccccc1. The lowest BCUT2D eigenvalue weighted by Gasteiger charge is -2.30. The van der Waals surface area contributed by atoms with Gasteiger partial charge in [-0.2, -0.15) is 4.98 Å². The van der Waals surface area contributed by atoms with Gasteiger partial charge < -0.3 is 24.6 Å². The second-order valence-electron chi connectivity index (χ2n) is 9.60. The fourth-order valence-corrected chi connectivity index (χ4v) is 5.11. The summed E-state index contributed by atoms with van der Waals surface area (Å²) in [5.74, 6) is 0.530. The summed E-state index contributed by atoms with van der Waals surface area (Å²) in [5.41, 5.74) is 3.27. The highest BCUT2D eigenvalue weighted by Gasteiger charge is 2.37. The zero-order chi connectivity index (χ0) is 25.8. The van der Waals surface area contributed by atoms with Gasteiger partial charge in [-0.05, 0) is 37.8 Å². The van der Waals surface area contributed by atoms with Gasteiger partial charge in [0.2, 0.25) is 5.82 Å². The van der Waals surface area contributed by atoms with Gasteiger partial charge in [0.25, 0.3) is 5.89 Å². The molecule has 1 fully saturated rings. The van der Waals surface area contributed by atoms with E-state index in [1.807, 2.05) is 54.6 Å². The van der Waals surface area contributed by atoms with E-state index in [0.29, 0.717) is 29.3 Å². The van der Waals surface area contributed by atoms with Crippen molar-refractivity contribution in [3.63, 3.8) is 0 Å². The zero-order valence-electron chi connectivity index (χ0n) is 20.7. The molecule has 0 bridgehead atoms. The first-order valence-electron chi connectivity index (χ1n) is 12.6. The number of carboxylic acids is 1. The zero-order valence-corrected chi connectivity index (χ0v) is 20.7. The van der Waals surface area contributed by atoms with E-state index >= 15 is 0 Å². The molecule has 1 unspecified atom stereocenters. The maximum atomic E-state index is 11.4. The van der Waals surface area contributed by atoms with E-state index in [1.165, 1.54) is 0 Å². The van der Waals surface area contributed by atoms with Crippen molar-refractivity contribution in [3.05, 3.63) is 65.7 Å². The van der Waals surface area contributed by atoms with Crippen molar-refractivity contribution in [2.75, 3.05) is 6.54 Å². The number of carbonyl (C=O) groups is 1. The quantitative estimate of drug-likeness (QED) is 0.273. The maximum Gasteiger partial charge on any atom is 0.305 e. The van der Waals surface area contributed by atoms with Crippen LogP contribution in [0.3, 0.4) is 0 Å². The first kappa shape index (κ1) is 24.9. The monoisotopic (exact) mass is 502 g/mol. The molecular formula is C28H30N4O5. The summed E-state index contributed by atoms with van der Waals surface area (Å²) >= 11 is 0. The van der Waals surface area contributed by atoms with Crippen molar-refractivity contribution in [1.82, 2.24) is 20.6 Å². The number of benzene rings is 2. The Morgan fingerprint density at radius 3 is 2.54 bits per heavy atom. The number of aliphatic hydroxyl groups is 1. The van der Waals surface area contributed by atoms with E-state index in [2.05, 4.69) is 27.5 Å². The van der Waals surface area contributed by atoms with Crippen LogP contribution in [0, 0.1) is 0 Å². The van der Waals surface area contributed by atoms with Crippen LogP contribution in [-0.2, 0) is 11.2 Å². The van der Waals surface area contributed by atoms with Crippen molar-refractivity contribution in [2.45, 2.75) is 57.1 Å². The number of nitrogens with zero attached hydrogens (tertiary/aromatic N) is 3. The number of nitrogens with one attached hydrogen (secondary N) is 1. The third kappa shape index (κ3) is 5.33. The molecule has 5 rings (SSSR count). The molecule has 2 aromatic heterocycles. The Labute approximate surface area is 214 Å². The molecule has 9 nitrogen and oxygen atoms in total. The average molecular weight is 503 g/mol. The summed E-state index contributed by atoms with van der Waals surface area (Å²) < 4.78 is 11.2. The third-order valence-electron chi connectivity index (χ3n) is 6.91. The molecule has 37 heavy (non-hydrogen) atoms. The highest BCUT2D eigenvalue weighted by molar-refractivity contribution is 5.70. The van der Waals surface area contributed by atoms with Gasteiger partial charge in [-0.25, -0.2) is 0 Å². The van der Waals surface area contributed by atoms with Gasteiger partial charge in [0, 0.05) is 22.2 Å². The molecular weight excluding hydrogens is 472 g/mol. The van der Waals surface area contributed by atoms with Gasteiger partial charge in [0.15, 0.2) is 11.5 Å². The van der Waals surface area contributed by atoms with Crippen LogP contribution in [-0.4, -0.2) is 43.6 Å². The predicted molar refractivity (Wildman–Crippen MR) is 136 cm³/mol. The highest BCUT2D eigenvalue weighted by Crippen LogP contribution is 2.35. The van der Waals surface area contributed by atoms with E-state index in [9.17, 15) is 15.0 Å². The number of aliphatic hydroxyl groups excluding tert-OH is 1. The Balaban J connectivity index is 1.35. The summed E-state index contributed by atoms with van der Waals surface area (Å²) in [6.45, 7) is 2.85. The molecule has 0 spiro atoms. The molecule has 1 aliphatic heterocycles. The first-order valence-corrected chi connectivity index (χ1v) is 12.6. The largest absolute Gasteiger partial charge is 0.481 e. The normalized spacial score (nSPS) is 18.2. The Bertz CT molecular complexity index is 1340. The minimum atomic E-state index is -0.866. The van der Waals surface area contributed by atoms with Gasteiger partial charge in [-0.3, -0.25) is 4.79 Å². The minimum Gasteiger partial charge on any atom is -0.481 e. The molecule has 0 aliphatic carbocycles. The van der Waals surface area contributed by atoms with E-state index in [1.54, 1.807) is 0 Å². The highest BCUT2D eigenvalue weighted by atomic mass is 16.5. The van der Waals surface area contributed by atoms with Crippen LogP contribution < -0.4 is 5.32 Å². The fourth-order valence-electron chi connectivity index (χ4n) is 5.11. The van der Waals surface area contributed by atoms with E-state index in [4.69, 9.17) is 9.05 Å². The number of aliphatic carboxylic acids is 1.